The van der Waals surface area contributed by atoms with Crippen molar-refractivity contribution < 1.29 is 9.90 Å². The van der Waals surface area contributed by atoms with Crippen molar-refractivity contribution in [3.63, 3.8) is 0 Å². The van der Waals surface area contributed by atoms with Crippen LogP contribution >= 0.6 is 0 Å². The highest BCUT2D eigenvalue weighted by Gasteiger charge is 1.80. The predicted octanol–water partition coefficient (Wildman–Crippen LogP) is 0.165. The fourth-order valence-corrected chi connectivity index (χ4v) is 0.465. The SMILES string of the molecule is CC(=O)O.NCCCCCN. The minimum atomic E-state index is -0.833. The lowest BCUT2D eigenvalue weighted by Crippen LogP contribution is -2.02. The maximum Gasteiger partial charge on any atom is 0.300 e. The van der Waals surface area contributed by atoms with Crippen LogP contribution in [0.5, 0.6) is 0 Å². The summed E-state index contributed by atoms with van der Waals surface area (Å²) in [7, 11) is 0. The Bertz CT molecular complexity index is 78.5. The number of nitrogens with two attached hydrogens (primary N) is 2. The van der Waals surface area contributed by atoms with E-state index in [1.165, 1.54) is 6.42 Å². The van der Waals surface area contributed by atoms with E-state index in [-0.39, 0.29) is 0 Å². The third kappa shape index (κ3) is 44.6. The molecule has 0 aliphatic heterocycles. The quantitative estimate of drug-likeness (QED) is 0.514. The molecule has 0 rings (SSSR count). The first kappa shape index (κ1) is 13.0. The van der Waals surface area contributed by atoms with Gasteiger partial charge in [0.2, 0.25) is 0 Å². The molecule has 0 amide bonds. The van der Waals surface area contributed by atoms with Gasteiger partial charge in [0.1, 0.15) is 0 Å². The highest BCUT2D eigenvalue weighted by Crippen LogP contribution is 1.88. The second kappa shape index (κ2) is 12.1. The van der Waals surface area contributed by atoms with E-state index in [0.717, 1.165) is 32.9 Å². The molecule has 68 valence electrons. The third-order valence-electron chi connectivity index (χ3n) is 0.908. The zero-order chi connectivity index (χ0) is 9.11. The van der Waals surface area contributed by atoms with E-state index in [9.17, 15) is 0 Å². The van der Waals surface area contributed by atoms with E-state index in [1.54, 1.807) is 0 Å². The van der Waals surface area contributed by atoms with Gasteiger partial charge in [-0.05, 0) is 25.9 Å². The highest BCUT2D eigenvalue weighted by molar-refractivity contribution is 5.62. The van der Waals surface area contributed by atoms with Crippen LogP contribution in [0.3, 0.4) is 0 Å². The van der Waals surface area contributed by atoms with Crippen LogP contribution in [0, 0.1) is 0 Å². The molecule has 0 aromatic heterocycles. The third-order valence-corrected chi connectivity index (χ3v) is 0.908. The molecule has 0 aromatic rings. The molecule has 0 spiro atoms. The molecule has 0 fully saturated rings. The molecule has 0 saturated heterocycles. The number of carbonyl (C=O) groups is 1. The fraction of sp³-hybridized carbons (Fsp3) is 0.857. The van der Waals surface area contributed by atoms with Crippen molar-refractivity contribution in [1.82, 2.24) is 0 Å². The van der Waals surface area contributed by atoms with Crippen molar-refractivity contribution in [2.45, 2.75) is 26.2 Å². The Kier molecular flexibility index (Phi) is 14.3. The molecule has 0 radical (unpaired) electrons. The van der Waals surface area contributed by atoms with Crippen molar-refractivity contribution in [3.8, 4) is 0 Å². The lowest BCUT2D eigenvalue weighted by atomic mass is 10.2. The van der Waals surface area contributed by atoms with Gasteiger partial charge >= 0.3 is 0 Å². The van der Waals surface area contributed by atoms with Crippen LogP contribution in [-0.2, 0) is 4.79 Å². The van der Waals surface area contributed by atoms with Crippen LogP contribution in [0.25, 0.3) is 0 Å². The summed E-state index contributed by atoms with van der Waals surface area (Å²) in [6.45, 7) is 2.69. The van der Waals surface area contributed by atoms with E-state index < -0.39 is 5.97 Å². The van der Waals surface area contributed by atoms with Gasteiger partial charge < -0.3 is 16.6 Å². The monoisotopic (exact) mass is 162 g/mol. The predicted molar refractivity (Wildman–Crippen MR) is 45.3 cm³/mol. The normalized spacial score (nSPS) is 8.27. The molecule has 4 heteroatoms. The maximum absolute atomic E-state index is 9.00. The summed E-state index contributed by atoms with van der Waals surface area (Å²) in [6.07, 6.45) is 3.43. The number of hydrogen-bond donors (Lipinski definition) is 3. The molecule has 0 aliphatic carbocycles. The van der Waals surface area contributed by atoms with Gasteiger partial charge in [-0.15, -0.1) is 0 Å². The van der Waals surface area contributed by atoms with Crippen molar-refractivity contribution in [3.05, 3.63) is 0 Å². The summed E-state index contributed by atoms with van der Waals surface area (Å²) in [5.74, 6) is -0.833. The fourth-order valence-electron chi connectivity index (χ4n) is 0.465. The molecule has 5 N–H and O–H groups in total. The molecular weight excluding hydrogens is 144 g/mol. The molecule has 0 unspecified atom stereocenters. The maximum atomic E-state index is 9.00. The Morgan fingerprint density at radius 1 is 1.18 bits per heavy atom. The Hall–Kier alpha value is -0.610. The van der Waals surface area contributed by atoms with Gasteiger partial charge in [-0.1, -0.05) is 6.42 Å². The number of unbranched alkanes of at least 4 members (excludes halogenated alkanes) is 2. The van der Waals surface area contributed by atoms with Crippen LogP contribution in [0.15, 0.2) is 0 Å². The Balaban J connectivity index is 0. The highest BCUT2D eigenvalue weighted by atomic mass is 16.4. The van der Waals surface area contributed by atoms with Gasteiger partial charge in [0, 0.05) is 6.92 Å². The first-order chi connectivity index (χ1) is 5.15. The van der Waals surface area contributed by atoms with Crippen LogP contribution in [-0.4, -0.2) is 24.2 Å². The Morgan fingerprint density at radius 3 is 1.64 bits per heavy atom. The van der Waals surface area contributed by atoms with Gasteiger partial charge in [-0.2, -0.15) is 0 Å². The van der Waals surface area contributed by atoms with Crippen LogP contribution in [0.1, 0.15) is 26.2 Å². The smallest absolute Gasteiger partial charge is 0.300 e. The van der Waals surface area contributed by atoms with Crippen molar-refractivity contribution in [1.29, 1.82) is 0 Å². The van der Waals surface area contributed by atoms with Gasteiger partial charge in [0.25, 0.3) is 5.97 Å². The van der Waals surface area contributed by atoms with Crippen LogP contribution < -0.4 is 11.5 Å². The van der Waals surface area contributed by atoms with Crippen molar-refractivity contribution in [2.75, 3.05) is 13.1 Å². The molecule has 0 aliphatic rings. The molecular formula is C7H18N2O2. The van der Waals surface area contributed by atoms with Crippen LogP contribution in [0.2, 0.25) is 0 Å². The van der Waals surface area contributed by atoms with E-state index in [2.05, 4.69) is 0 Å². The largest absolute Gasteiger partial charge is 0.481 e. The van der Waals surface area contributed by atoms with Gasteiger partial charge in [0.15, 0.2) is 0 Å². The summed E-state index contributed by atoms with van der Waals surface area (Å²) >= 11 is 0. The summed E-state index contributed by atoms with van der Waals surface area (Å²) in [4.78, 5) is 9.00. The van der Waals surface area contributed by atoms with E-state index in [1.807, 2.05) is 0 Å². The minimum Gasteiger partial charge on any atom is -0.481 e. The summed E-state index contributed by atoms with van der Waals surface area (Å²) in [5, 5.41) is 7.42. The molecule has 0 atom stereocenters. The lowest BCUT2D eigenvalue weighted by molar-refractivity contribution is -0.134. The second-order valence-corrected chi connectivity index (χ2v) is 2.16. The Morgan fingerprint density at radius 2 is 1.45 bits per heavy atom. The van der Waals surface area contributed by atoms with Crippen LogP contribution in [0.4, 0.5) is 0 Å². The number of aliphatic carboxylic acids is 1. The average Bonchev–Trinajstić information content (AvgIpc) is 1.88. The number of hydrogen-bond acceptors (Lipinski definition) is 3. The Labute approximate surface area is 67.6 Å². The summed E-state index contributed by atoms with van der Waals surface area (Å²) < 4.78 is 0. The molecule has 4 nitrogen and oxygen atoms in total. The molecule has 0 aromatic carbocycles. The zero-order valence-corrected chi connectivity index (χ0v) is 7.05. The van der Waals surface area contributed by atoms with Gasteiger partial charge in [-0.3, -0.25) is 4.79 Å². The minimum absolute atomic E-state index is 0.806. The molecule has 0 heterocycles. The van der Waals surface area contributed by atoms with E-state index in [4.69, 9.17) is 21.4 Å². The number of carboxylic acids is 1. The topological polar surface area (TPSA) is 89.3 Å². The number of rotatable bonds is 4. The summed E-state index contributed by atoms with van der Waals surface area (Å²) in [5.41, 5.74) is 10.5. The summed E-state index contributed by atoms with van der Waals surface area (Å²) in [6, 6.07) is 0. The second-order valence-electron chi connectivity index (χ2n) is 2.16. The van der Waals surface area contributed by atoms with E-state index >= 15 is 0 Å². The average molecular weight is 162 g/mol. The van der Waals surface area contributed by atoms with Crippen molar-refractivity contribution in [2.24, 2.45) is 11.5 Å². The van der Waals surface area contributed by atoms with Gasteiger partial charge in [0.05, 0.1) is 0 Å². The van der Waals surface area contributed by atoms with Gasteiger partial charge in [-0.25, -0.2) is 0 Å². The lowest BCUT2D eigenvalue weighted by Gasteiger charge is -1.91. The molecule has 11 heavy (non-hydrogen) atoms. The number of carboxylic acid groups (broad SMARTS) is 1. The standard InChI is InChI=1S/C5H14N2.C2H4O2/c6-4-2-1-3-5-7;1-2(3)4/h1-7H2;1H3,(H,3,4). The first-order valence-corrected chi connectivity index (χ1v) is 3.74. The zero-order valence-electron chi connectivity index (χ0n) is 7.05. The van der Waals surface area contributed by atoms with Crippen molar-refractivity contribution >= 4 is 5.97 Å². The molecule has 0 bridgehead atoms. The first-order valence-electron chi connectivity index (χ1n) is 3.74. The molecule has 0 saturated carbocycles. The van der Waals surface area contributed by atoms with E-state index in [0.29, 0.717) is 0 Å².